The Bertz CT molecular complexity index is 321. The van der Waals surface area contributed by atoms with Crippen molar-refractivity contribution in [1.82, 2.24) is 20.8 Å². The molecule has 0 aliphatic carbocycles. The molecule has 0 amide bonds. The van der Waals surface area contributed by atoms with Crippen molar-refractivity contribution in [3.05, 3.63) is 11.7 Å². The van der Waals surface area contributed by atoms with E-state index in [2.05, 4.69) is 20.8 Å². The molecule has 2 N–H and O–H groups in total. The molecule has 3 heterocycles. The Morgan fingerprint density at radius 3 is 2.71 bits per heavy atom. The summed E-state index contributed by atoms with van der Waals surface area (Å²) in [6.07, 6.45) is 5.87. The quantitative estimate of drug-likeness (QED) is 0.811. The van der Waals surface area contributed by atoms with Crippen LogP contribution in [0.1, 0.15) is 55.8 Å². The highest BCUT2D eigenvalue weighted by Gasteiger charge is 2.25. The lowest BCUT2D eigenvalue weighted by atomic mass is 9.98. The summed E-state index contributed by atoms with van der Waals surface area (Å²) in [5.74, 6) is 2.16. The fourth-order valence-corrected chi connectivity index (χ4v) is 2.70. The van der Waals surface area contributed by atoms with Gasteiger partial charge in [0, 0.05) is 5.92 Å². The molecule has 0 bridgehead atoms. The molecule has 2 aliphatic rings. The molecule has 0 saturated carbocycles. The molecule has 1 aromatic heterocycles. The van der Waals surface area contributed by atoms with E-state index in [1.165, 1.54) is 12.8 Å². The van der Waals surface area contributed by atoms with Crippen molar-refractivity contribution in [3.63, 3.8) is 0 Å². The highest BCUT2D eigenvalue weighted by Crippen LogP contribution is 2.26. The second kappa shape index (κ2) is 5.14. The summed E-state index contributed by atoms with van der Waals surface area (Å²) in [6.45, 7) is 3.19. The Hall–Kier alpha value is -0.940. The second-order valence-electron chi connectivity index (χ2n) is 5.02. The predicted molar refractivity (Wildman–Crippen MR) is 63.7 cm³/mol. The van der Waals surface area contributed by atoms with Crippen LogP contribution in [0.4, 0.5) is 0 Å². The van der Waals surface area contributed by atoms with Gasteiger partial charge < -0.3 is 15.2 Å². The molecular weight excluding hydrogens is 216 g/mol. The molecule has 5 heteroatoms. The van der Waals surface area contributed by atoms with Gasteiger partial charge in [0.2, 0.25) is 5.89 Å². The van der Waals surface area contributed by atoms with Gasteiger partial charge in [0.15, 0.2) is 5.82 Å². The van der Waals surface area contributed by atoms with E-state index < -0.39 is 0 Å². The van der Waals surface area contributed by atoms with Crippen molar-refractivity contribution in [1.29, 1.82) is 0 Å². The summed E-state index contributed by atoms with van der Waals surface area (Å²) < 4.78 is 5.43. The van der Waals surface area contributed by atoms with Gasteiger partial charge in [-0.05, 0) is 45.3 Å². The highest BCUT2D eigenvalue weighted by atomic mass is 16.5. The second-order valence-corrected chi connectivity index (χ2v) is 5.02. The van der Waals surface area contributed by atoms with E-state index >= 15 is 0 Å². The lowest BCUT2D eigenvalue weighted by Gasteiger charge is -2.20. The number of rotatable bonds is 2. The summed E-state index contributed by atoms with van der Waals surface area (Å²) in [6, 6.07) is 0.308. The van der Waals surface area contributed by atoms with E-state index in [1.54, 1.807) is 0 Å². The number of hydrogen-bond acceptors (Lipinski definition) is 5. The van der Waals surface area contributed by atoms with Gasteiger partial charge in [0.1, 0.15) is 0 Å². The third-order valence-electron chi connectivity index (χ3n) is 3.77. The van der Waals surface area contributed by atoms with Crippen molar-refractivity contribution in [3.8, 4) is 0 Å². The number of nitrogens with one attached hydrogen (secondary N) is 2. The average Bonchev–Trinajstić information content (AvgIpc) is 2.90. The van der Waals surface area contributed by atoms with Crippen LogP contribution in [0.5, 0.6) is 0 Å². The van der Waals surface area contributed by atoms with Crippen molar-refractivity contribution < 1.29 is 4.52 Å². The fraction of sp³-hybridized carbons (Fsp3) is 0.833. The summed E-state index contributed by atoms with van der Waals surface area (Å²) in [5, 5.41) is 11.0. The molecule has 0 radical (unpaired) electrons. The van der Waals surface area contributed by atoms with Gasteiger partial charge in [-0.2, -0.15) is 4.98 Å². The van der Waals surface area contributed by atoms with Gasteiger partial charge in [0.25, 0.3) is 0 Å². The molecule has 2 fully saturated rings. The van der Waals surface area contributed by atoms with Gasteiger partial charge in [-0.1, -0.05) is 11.6 Å². The minimum Gasteiger partial charge on any atom is -0.339 e. The lowest BCUT2D eigenvalue weighted by molar-refractivity contribution is 0.312. The van der Waals surface area contributed by atoms with Crippen LogP contribution in [0.2, 0.25) is 0 Å². The van der Waals surface area contributed by atoms with E-state index in [0.717, 1.165) is 50.6 Å². The van der Waals surface area contributed by atoms with Crippen molar-refractivity contribution in [2.45, 2.75) is 44.1 Å². The topological polar surface area (TPSA) is 63.0 Å². The molecule has 1 atom stereocenters. The zero-order valence-corrected chi connectivity index (χ0v) is 10.1. The van der Waals surface area contributed by atoms with Crippen molar-refractivity contribution in [2.75, 3.05) is 19.6 Å². The maximum atomic E-state index is 5.43. The van der Waals surface area contributed by atoms with Gasteiger partial charge in [-0.3, -0.25) is 0 Å². The Kier molecular flexibility index (Phi) is 3.38. The average molecular weight is 236 g/mol. The summed E-state index contributed by atoms with van der Waals surface area (Å²) in [7, 11) is 0. The Morgan fingerprint density at radius 1 is 1.06 bits per heavy atom. The van der Waals surface area contributed by atoms with E-state index in [1.807, 2.05) is 0 Å². The molecule has 1 unspecified atom stereocenters. The van der Waals surface area contributed by atoms with E-state index in [4.69, 9.17) is 4.52 Å². The van der Waals surface area contributed by atoms with Crippen LogP contribution in [-0.4, -0.2) is 29.8 Å². The minimum atomic E-state index is 0.308. The van der Waals surface area contributed by atoms with Crippen LogP contribution in [0.25, 0.3) is 0 Å². The Balaban J connectivity index is 1.68. The van der Waals surface area contributed by atoms with Gasteiger partial charge >= 0.3 is 0 Å². The SMILES string of the molecule is C1CCC(c2noc(C3CCNCC3)n2)NC1. The third kappa shape index (κ3) is 2.50. The van der Waals surface area contributed by atoms with Crippen LogP contribution in [0, 0.1) is 0 Å². The largest absolute Gasteiger partial charge is 0.339 e. The van der Waals surface area contributed by atoms with Gasteiger partial charge in [-0.15, -0.1) is 0 Å². The first kappa shape index (κ1) is 11.2. The monoisotopic (exact) mass is 236 g/mol. The van der Waals surface area contributed by atoms with E-state index in [-0.39, 0.29) is 0 Å². The van der Waals surface area contributed by atoms with Crippen molar-refractivity contribution >= 4 is 0 Å². The van der Waals surface area contributed by atoms with Crippen molar-refractivity contribution in [2.24, 2.45) is 0 Å². The van der Waals surface area contributed by atoms with Crippen LogP contribution in [0.15, 0.2) is 4.52 Å². The van der Waals surface area contributed by atoms with E-state index in [9.17, 15) is 0 Å². The fourth-order valence-electron chi connectivity index (χ4n) is 2.70. The zero-order chi connectivity index (χ0) is 11.5. The van der Waals surface area contributed by atoms with Crippen LogP contribution >= 0.6 is 0 Å². The van der Waals surface area contributed by atoms with Gasteiger partial charge in [0.05, 0.1) is 6.04 Å². The minimum absolute atomic E-state index is 0.308. The summed E-state index contributed by atoms with van der Waals surface area (Å²) in [4.78, 5) is 4.59. The molecule has 2 aliphatic heterocycles. The molecule has 5 nitrogen and oxygen atoms in total. The first-order valence-corrected chi connectivity index (χ1v) is 6.71. The number of aromatic nitrogens is 2. The lowest BCUT2D eigenvalue weighted by Crippen LogP contribution is -2.28. The summed E-state index contributed by atoms with van der Waals surface area (Å²) >= 11 is 0. The van der Waals surface area contributed by atoms with Crippen LogP contribution in [0.3, 0.4) is 0 Å². The molecule has 1 aromatic rings. The molecule has 3 rings (SSSR count). The number of hydrogen-bond donors (Lipinski definition) is 2. The molecule has 94 valence electrons. The molecule has 0 aromatic carbocycles. The summed E-state index contributed by atoms with van der Waals surface area (Å²) in [5.41, 5.74) is 0. The van der Waals surface area contributed by atoms with Crippen LogP contribution in [-0.2, 0) is 0 Å². The number of piperidine rings is 2. The predicted octanol–water partition coefficient (Wildman–Crippen LogP) is 1.35. The zero-order valence-electron chi connectivity index (χ0n) is 10.1. The maximum absolute atomic E-state index is 5.43. The van der Waals surface area contributed by atoms with E-state index in [0.29, 0.717) is 12.0 Å². The Morgan fingerprint density at radius 2 is 1.94 bits per heavy atom. The highest BCUT2D eigenvalue weighted by molar-refractivity contribution is 5.00. The molecule has 2 saturated heterocycles. The first-order valence-electron chi connectivity index (χ1n) is 6.71. The standard InChI is InChI=1S/C12H20N4O/c1-2-6-14-10(3-1)11-15-12(17-16-11)9-4-7-13-8-5-9/h9-10,13-14H,1-8H2. The van der Waals surface area contributed by atoms with Crippen LogP contribution < -0.4 is 10.6 Å². The smallest absolute Gasteiger partial charge is 0.229 e. The third-order valence-corrected chi connectivity index (χ3v) is 3.77. The molecule has 17 heavy (non-hydrogen) atoms. The molecule has 0 spiro atoms. The first-order chi connectivity index (χ1) is 8.43. The Labute approximate surface area is 101 Å². The molecular formula is C12H20N4O. The maximum Gasteiger partial charge on any atom is 0.229 e. The number of nitrogens with zero attached hydrogens (tertiary/aromatic N) is 2. The normalized spacial score (nSPS) is 27.2. The van der Waals surface area contributed by atoms with Gasteiger partial charge in [-0.25, -0.2) is 0 Å².